The quantitative estimate of drug-likeness (QED) is 0.885. The van der Waals surface area contributed by atoms with Gasteiger partial charge in [0.25, 0.3) is 11.8 Å². The van der Waals surface area contributed by atoms with Gasteiger partial charge in [-0.05, 0) is 30.5 Å². The van der Waals surface area contributed by atoms with Crippen molar-refractivity contribution < 1.29 is 9.59 Å². The van der Waals surface area contributed by atoms with E-state index in [2.05, 4.69) is 15.6 Å². The molecule has 2 amide bonds. The Hall–Kier alpha value is -2.40. The Morgan fingerprint density at radius 2 is 1.83 bits per heavy atom. The molecule has 3 rings (SSSR count). The first-order valence-electron chi connectivity index (χ1n) is 7.41. The van der Waals surface area contributed by atoms with Crippen molar-refractivity contribution in [1.82, 2.24) is 15.6 Å². The normalized spacial score (nSPS) is 13.4. The second-order valence-electron chi connectivity index (χ2n) is 5.48. The number of benzene rings is 1. The van der Waals surface area contributed by atoms with Crippen LogP contribution >= 0.6 is 11.6 Å². The SMILES string of the molecule is O=C(NCc1ccccc1Cl)c1cncc(C(=O)NC2CC2)c1. The average Bonchev–Trinajstić information content (AvgIpc) is 3.38. The first-order valence-corrected chi connectivity index (χ1v) is 7.79. The van der Waals surface area contributed by atoms with E-state index in [4.69, 9.17) is 11.6 Å². The molecule has 1 aliphatic rings. The van der Waals surface area contributed by atoms with Gasteiger partial charge in [0.1, 0.15) is 0 Å². The summed E-state index contributed by atoms with van der Waals surface area (Å²) in [6, 6.07) is 9.12. The van der Waals surface area contributed by atoms with E-state index in [-0.39, 0.29) is 17.9 Å². The van der Waals surface area contributed by atoms with E-state index in [1.54, 1.807) is 12.1 Å². The molecule has 1 aliphatic carbocycles. The highest BCUT2D eigenvalue weighted by Gasteiger charge is 2.24. The van der Waals surface area contributed by atoms with Gasteiger partial charge in [0.15, 0.2) is 0 Å². The maximum absolute atomic E-state index is 12.2. The molecule has 2 aromatic rings. The van der Waals surface area contributed by atoms with Crippen molar-refractivity contribution in [2.75, 3.05) is 0 Å². The van der Waals surface area contributed by atoms with Crippen LogP contribution in [0.2, 0.25) is 5.02 Å². The number of halogens is 1. The van der Waals surface area contributed by atoms with Crippen LogP contribution in [-0.4, -0.2) is 22.8 Å². The number of hydrogen-bond acceptors (Lipinski definition) is 3. The number of carbonyl (C=O) groups is 2. The molecular formula is C17H16ClN3O2. The number of pyridine rings is 1. The van der Waals surface area contributed by atoms with Crippen LogP contribution in [0.15, 0.2) is 42.7 Å². The summed E-state index contributed by atoms with van der Waals surface area (Å²) in [6.07, 6.45) is 4.92. The van der Waals surface area contributed by atoms with Crippen LogP contribution in [0, 0.1) is 0 Å². The highest BCUT2D eigenvalue weighted by Crippen LogP contribution is 2.19. The van der Waals surface area contributed by atoms with Gasteiger partial charge in [0, 0.05) is 30.0 Å². The fourth-order valence-electron chi connectivity index (χ4n) is 2.10. The lowest BCUT2D eigenvalue weighted by Gasteiger charge is -2.08. The minimum Gasteiger partial charge on any atom is -0.349 e. The second-order valence-corrected chi connectivity index (χ2v) is 5.89. The standard InChI is InChI=1S/C17H16ClN3O2/c18-15-4-2-1-3-11(15)10-20-16(22)12-7-13(9-19-8-12)17(23)21-14-5-6-14/h1-4,7-9,14H,5-6,10H2,(H,20,22)(H,21,23). The Kier molecular flexibility index (Phi) is 4.57. The highest BCUT2D eigenvalue weighted by atomic mass is 35.5. The Labute approximate surface area is 139 Å². The predicted octanol–water partition coefficient (Wildman–Crippen LogP) is 2.56. The number of aromatic nitrogens is 1. The van der Waals surface area contributed by atoms with Gasteiger partial charge in [-0.3, -0.25) is 14.6 Å². The van der Waals surface area contributed by atoms with Gasteiger partial charge >= 0.3 is 0 Å². The van der Waals surface area contributed by atoms with Crippen LogP contribution in [0.3, 0.4) is 0 Å². The molecule has 23 heavy (non-hydrogen) atoms. The summed E-state index contributed by atoms with van der Waals surface area (Å²) in [4.78, 5) is 28.2. The summed E-state index contributed by atoms with van der Waals surface area (Å²) < 4.78 is 0. The van der Waals surface area contributed by atoms with Crippen molar-refractivity contribution in [1.29, 1.82) is 0 Å². The monoisotopic (exact) mass is 329 g/mol. The van der Waals surface area contributed by atoms with E-state index in [0.29, 0.717) is 22.7 Å². The lowest BCUT2D eigenvalue weighted by atomic mass is 10.1. The number of amides is 2. The van der Waals surface area contributed by atoms with Gasteiger partial charge < -0.3 is 10.6 Å². The minimum absolute atomic E-state index is 0.194. The summed E-state index contributed by atoms with van der Waals surface area (Å²) in [7, 11) is 0. The van der Waals surface area contributed by atoms with Crippen LogP contribution in [-0.2, 0) is 6.54 Å². The second kappa shape index (κ2) is 6.79. The molecule has 1 heterocycles. The number of rotatable bonds is 5. The van der Waals surface area contributed by atoms with Crippen molar-refractivity contribution in [2.45, 2.75) is 25.4 Å². The summed E-state index contributed by atoms with van der Waals surface area (Å²) >= 11 is 6.06. The van der Waals surface area contributed by atoms with Crippen molar-refractivity contribution in [3.8, 4) is 0 Å². The lowest BCUT2D eigenvalue weighted by Crippen LogP contribution is -2.27. The molecule has 2 N–H and O–H groups in total. The molecule has 118 valence electrons. The summed E-state index contributed by atoms with van der Waals surface area (Å²) in [5.41, 5.74) is 1.57. The molecule has 1 aromatic carbocycles. The zero-order valence-electron chi connectivity index (χ0n) is 12.4. The first-order chi connectivity index (χ1) is 11.1. The largest absolute Gasteiger partial charge is 0.349 e. The van der Waals surface area contributed by atoms with Gasteiger partial charge in [0.2, 0.25) is 0 Å². The van der Waals surface area contributed by atoms with Crippen LogP contribution in [0.4, 0.5) is 0 Å². The van der Waals surface area contributed by atoms with Crippen LogP contribution in [0.25, 0.3) is 0 Å². The molecule has 1 aromatic heterocycles. The summed E-state index contributed by atoms with van der Waals surface area (Å²) in [6.45, 7) is 0.316. The summed E-state index contributed by atoms with van der Waals surface area (Å²) in [5.74, 6) is -0.487. The first kappa shape index (κ1) is 15.5. The number of hydrogen-bond donors (Lipinski definition) is 2. The smallest absolute Gasteiger partial charge is 0.253 e. The van der Waals surface area contributed by atoms with E-state index in [1.807, 2.05) is 18.2 Å². The molecule has 0 atom stereocenters. The van der Waals surface area contributed by atoms with Crippen molar-refractivity contribution >= 4 is 23.4 Å². The Morgan fingerprint density at radius 1 is 1.13 bits per heavy atom. The molecule has 1 fully saturated rings. The number of nitrogens with zero attached hydrogens (tertiary/aromatic N) is 1. The maximum atomic E-state index is 12.2. The van der Waals surface area contributed by atoms with Crippen molar-refractivity contribution in [2.24, 2.45) is 0 Å². The Balaban J connectivity index is 1.65. The zero-order valence-corrected chi connectivity index (χ0v) is 13.1. The van der Waals surface area contributed by atoms with Crippen molar-refractivity contribution in [3.05, 3.63) is 64.4 Å². The van der Waals surface area contributed by atoms with Gasteiger partial charge in [-0.2, -0.15) is 0 Å². The highest BCUT2D eigenvalue weighted by molar-refractivity contribution is 6.31. The van der Waals surface area contributed by atoms with E-state index in [9.17, 15) is 9.59 Å². The molecule has 0 bridgehead atoms. The summed E-state index contributed by atoms with van der Waals surface area (Å²) in [5, 5.41) is 6.25. The third-order valence-corrected chi connectivity index (χ3v) is 3.94. The third-order valence-electron chi connectivity index (χ3n) is 3.57. The minimum atomic E-state index is -0.293. The van der Waals surface area contributed by atoms with E-state index in [1.165, 1.54) is 12.4 Å². The molecular weight excluding hydrogens is 314 g/mol. The molecule has 0 spiro atoms. The molecule has 5 nitrogen and oxygen atoms in total. The zero-order chi connectivity index (χ0) is 16.2. The maximum Gasteiger partial charge on any atom is 0.253 e. The molecule has 0 radical (unpaired) electrons. The lowest BCUT2D eigenvalue weighted by molar-refractivity contribution is 0.0950. The topological polar surface area (TPSA) is 71.1 Å². The van der Waals surface area contributed by atoms with E-state index < -0.39 is 0 Å². The predicted molar refractivity (Wildman–Crippen MR) is 87.3 cm³/mol. The number of carbonyl (C=O) groups excluding carboxylic acids is 2. The van der Waals surface area contributed by atoms with Crippen LogP contribution in [0.5, 0.6) is 0 Å². The third kappa shape index (κ3) is 4.07. The van der Waals surface area contributed by atoms with Crippen molar-refractivity contribution in [3.63, 3.8) is 0 Å². The molecule has 0 unspecified atom stereocenters. The van der Waals surface area contributed by atoms with E-state index >= 15 is 0 Å². The Bertz CT molecular complexity index is 744. The molecule has 0 aliphatic heterocycles. The van der Waals surface area contributed by atoms with E-state index in [0.717, 1.165) is 18.4 Å². The van der Waals surface area contributed by atoms with Gasteiger partial charge in [-0.1, -0.05) is 29.8 Å². The average molecular weight is 330 g/mol. The molecule has 6 heteroatoms. The fraction of sp³-hybridized carbons (Fsp3) is 0.235. The molecule has 0 saturated heterocycles. The number of nitrogens with one attached hydrogen (secondary N) is 2. The van der Waals surface area contributed by atoms with Gasteiger partial charge in [-0.25, -0.2) is 0 Å². The van der Waals surface area contributed by atoms with Gasteiger partial charge in [0.05, 0.1) is 11.1 Å². The van der Waals surface area contributed by atoms with Crippen LogP contribution in [0.1, 0.15) is 39.1 Å². The van der Waals surface area contributed by atoms with Crippen LogP contribution < -0.4 is 10.6 Å². The fourth-order valence-corrected chi connectivity index (χ4v) is 2.31. The molecule has 1 saturated carbocycles. The Morgan fingerprint density at radius 3 is 2.52 bits per heavy atom. The van der Waals surface area contributed by atoms with Gasteiger partial charge in [-0.15, -0.1) is 0 Å².